The van der Waals surface area contributed by atoms with E-state index in [-0.39, 0.29) is 11.4 Å². The maximum atomic E-state index is 11.9. The number of ether oxygens (including phenoxy) is 1. The van der Waals surface area contributed by atoms with Crippen LogP contribution in [0.4, 0.5) is 0 Å². The molecule has 4 nitrogen and oxygen atoms in total. The average molecular weight is 299 g/mol. The Kier molecular flexibility index (Phi) is 6.82. The van der Waals surface area contributed by atoms with Gasteiger partial charge in [0, 0.05) is 11.6 Å². The highest BCUT2D eigenvalue weighted by molar-refractivity contribution is 6.30. The summed E-state index contributed by atoms with van der Waals surface area (Å²) in [6.07, 6.45) is 1.96. The summed E-state index contributed by atoms with van der Waals surface area (Å²) in [6.45, 7) is 4.84. The van der Waals surface area contributed by atoms with Gasteiger partial charge in [-0.25, -0.2) is 0 Å². The maximum absolute atomic E-state index is 11.9. The maximum Gasteiger partial charge on any atom is 0.223 e. The van der Waals surface area contributed by atoms with E-state index in [1.807, 2.05) is 13.8 Å². The number of rotatable bonds is 8. The fourth-order valence-electron chi connectivity index (χ4n) is 1.92. The molecule has 0 bridgehead atoms. The summed E-state index contributed by atoms with van der Waals surface area (Å²) in [5.74, 6) is 0.673. The first kappa shape index (κ1) is 16.8. The Hall–Kier alpha value is -1.26. The Bertz CT molecular complexity index is 408. The first-order chi connectivity index (χ1) is 9.55. The molecule has 0 fully saturated rings. The van der Waals surface area contributed by atoms with Crippen molar-refractivity contribution < 1.29 is 9.53 Å². The Morgan fingerprint density at radius 1 is 1.30 bits per heavy atom. The van der Waals surface area contributed by atoms with Gasteiger partial charge in [-0.1, -0.05) is 25.4 Å². The summed E-state index contributed by atoms with van der Waals surface area (Å²) in [5.41, 5.74) is 5.46. The zero-order valence-corrected chi connectivity index (χ0v) is 12.9. The van der Waals surface area contributed by atoms with Crippen molar-refractivity contribution in [3.8, 4) is 5.75 Å². The van der Waals surface area contributed by atoms with Gasteiger partial charge in [0.05, 0.1) is 18.6 Å². The molecular weight excluding hydrogens is 276 g/mol. The van der Waals surface area contributed by atoms with E-state index in [0.717, 1.165) is 12.8 Å². The molecule has 0 aliphatic rings. The molecule has 0 saturated heterocycles. The van der Waals surface area contributed by atoms with Crippen molar-refractivity contribution in [1.82, 2.24) is 5.32 Å². The van der Waals surface area contributed by atoms with Gasteiger partial charge in [0.15, 0.2) is 0 Å². The molecule has 0 atom stereocenters. The lowest BCUT2D eigenvalue weighted by molar-refractivity contribution is -0.123. The number of halogens is 1. The van der Waals surface area contributed by atoms with Crippen molar-refractivity contribution in [3.63, 3.8) is 0 Å². The van der Waals surface area contributed by atoms with Crippen molar-refractivity contribution in [2.45, 2.75) is 38.6 Å². The van der Waals surface area contributed by atoms with Gasteiger partial charge >= 0.3 is 0 Å². The summed E-state index contributed by atoms with van der Waals surface area (Å²) in [6, 6.07) is 7.07. The number of carbonyl (C=O) groups excluding carboxylic acids is 1. The number of nitrogens with two attached hydrogens (primary N) is 1. The van der Waals surface area contributed by atoms with E-state index >= 15 is 0 Å². The molecule has 1 aromatic rings. The molecule has 112 valence electrons. The van der Waals surface area contributed by atoms with Crippen molar-refractivity contribution in [3.05, 3.63) is 29.3 Å². The Morgan fingerprint density at radius 2 is 1.90 bits per heavy atom. The molecule has 20 heavy (non-hydrogen) atoms. The normalized spacial score (nSPS) is 11.2. The molecule has 0 spiro atoms. The fourth-order valence-corrected chi connectivity index (χ4v) is 2.04. The first-order valence-electron chi connectivity index (χ1n) is 6.94. The van der Waals surface area contributed by atoms with Crippen LogP contribution in [0, 0.1) is 0 Å². The Morgan fingerprint density at radius 3 is 2.40 bits per heavy atom. The molecule has 0 heterocycles. The molecule has 0 unspecified atom stereocenters. The number of hydrogen-bond donors (Lipinski definition) is 2. The molecule has 3 N–H and O–H groups in total. The van der Waals surface area contributed by atoms with E-state index in [1.165, 1.54) is 0 Å². The van der Waals surface area contributed by atoms with Crippen molar-refractivity contribution in [1.29, 1.82) is 0 Å². The summed E-state index contributed by atoms with van der Waals surface area (Å²) < 4.78 is 5.50. The van der Waals surface area contributed by atoms with Crippen LogP contribution in [0.25, 0.3) is 0 Å². The van der Waals surface area contributed by atoms with Crippen LogP contribution >= 0.6 is 11.6 Å². The van der Waals surface area contributed by atoms with Crippen molar-refractivity contribution in [2.24, 2.45) is 5.73 Å². The fraction of sp³-hybridized carbons (Fsp3) is 0.533. The molecule has 0 aromatic heterocycles. The van der Waals surface area contributed by atoms with Crippen LogP contribution in [0.2, 0.25) is 5.02 Å². The molecule has 5 heteroatoms. The largest absolute Gasteiger partial charge is 0.493 e. The summed E-state index contributed by atoms with van der Waals surface area (Å²) >= 11 is 5.79. The van der Waals surface area contributed by atoms with E-state index in [1.54, 1.807) is 24.3 Å². The van der Waals surface area contributed by atoms with E-state index < -0.39 is 0 Å². The standard InChI is InChI=1S/C15H23ClN2O2/c1-3-15(4-2,11-17)18-14(19)9-10-20-13-7-5-12(16)6-8-13/h5-8H,3-4,9-11,17H2,1-2H3,(H,18,19). The second-order valence-corrected chi connectivity index (χ2v) is 5.23. The van der Waals surface area contributed by atoms with Gasteiger partial charge in [0.1, 0.15) is 5.75 Å². The van der Waals surface area contributed by atoms with Crippen LogP contribution in [0.5, 0.6) is 5.75 Å². The summed E-state index contributed by atoms with van der Waals surface area (Å²) in [7, 11) is 0. The predicted octanol–water partition coefficient (Wildman–Crippen LogP) is 2.74. The first-order valence-corrected chi connectivity index (χ1v) is 7.32. The third-order valence-corrected chi connectivity index (χ3v) is 3.81. The number of hydrogen-bond acceptors (Lipinski definition) is 3. The number of nitrogens with one attached hydrogen (secondary N) is 1. The third-order valence-electron chi connectivity index (χ3n) is 3.56. The molecule has 1 aromatic carbocycles. The third kappa shape index (κ3) is 5.02. The molecule has 0 saturated carbocycles. The van der Waals surface area contributed by atoms with Crippen LogP contribution in [-0.2, 0) is 4.79 Å². The Labute approximate surface area is 125 Å². The predicted molar refractivity (Wildman–Crippen MR) is 82.1 cm³/mol. The molecule has 1 amide bonds. The lowest BCUT2D eigenvalue weighted by Gasteiger charge is -2.31. The van der Waals surface area contributed by atoms with E-state index in [4.69, 9.17) is 22.1 Å². The minimum absolute atomic E-state index is 0.0342. The minimum Gasteiger partial charge on any atom is -0.493 e. The lowest BCUT2D eigenvalue weighted by Crippen LogP contribution is -2.53. The SMILES string of the molecule is CCC(CC)(CN)NC(=O)CCOc1ccc(Cl)cc1. The highest BCUT2D eigenvalue weighted by Gasteiger charge is 2.25. The van der Waals surface area contributed by atoms with Gasteiger partial charge in [-0.05, 0) is 37.1 Å². The van der Waals surface area contributed by atoms with E-state index in [9.17, 15) is 4.79 Å². The van der Waals surface area contributed by atoms with Gasteiger partial charge in [-0.2, -0.15) is 0 Å². The average Bonchev–Trinajstić information content (AvgIpc) is 2.47. The van der Waals surface area contributed by atoms with Crippen LogP contribution in [0.15, 0.2) is 24.3 Å². The molecule has 0 aliphatic heterocycles. The highest BCUT2D eigenvalue weighted by Crippen LogP contribution is 2.16. The zero-order valence-electron chi connectivity index (χ0n) is 12.1. The van der Waals surface area contributed by atoms with Crippen LogP contribution in [0.3, 0.4) is 0 Å². The summed E-state index contributed by atoms with van der Waals surface area (Å²) in [5, 5.41) is 3.67. The topological polar surface area (TPSA) is 64.3 Å². The molecule has 0 aliphatic carbocycles. The lowest BCUT2D eigenvalue weighted by atomic mass is 9.93. The number of carbonyl (C=O) groups is 1. The molecular formula is C15H23ClN2O2. The van der Waals surface area contributed by atoms with Crippen LogP contribution < -0.4 is 15.8 Å². The molecule has 1 rings (SSSR count). The Balaban J connectivity index is 2.38. The smallest absolute Gasteiger partial charge is 0.223 e. The van der Waals surface area contributed by atoms with Crippen LogP contribution in [-0.4, -0.2) is 24.6 Å². The van der Waals surface area contributed by atoms with E-state index in [2.05, 4.69) is 5.32 Å². The highest BCUT2D eigenvalue weighted by atomic mass is 35.5. The van der Waals surface area contributed by atoms with E-state index in [0.29, 0.717) is 30.3 Å². The van der Waals surface area contributed by atoms with Gasteiger partial charge in [0.25, 0.3) is 0 Å². The quantitative estimate of drug-likeness (QED) is 0.775. The van der Waals surface area contributed by atoms with Gasteiger partial charge in [-0.3, -0.25) is 4.79 Å². The minimum atomic E-state index is -0.294. The summed E-state index contributed by atoms with van der Waals surface area (Å²) in [4.78, 5) is 11.9. The zero-order chi connectivity index (χ0) is 15.0. The van der Waals surface area contributed by atoms with Crippen LogP contribution in [0.1, 0.15) is 33.1 Å². The van der Waals surface area contributed by atoms with Gasteiger partial charge < -0.3 is 15.8 Å². The second kappa shape index (κ2) is 8.12. The monoisotopic (exact) mass is 298 g/mol. The second-order valence-electron chi connectivity index (χ2n) is 4.79. The van der Waals surface area contributed by atoms with Gasteiger partial charge in [0.2, 0.25) is 5.91 Å². The van der Waals surface area contributed by atoms with Crippen molar-refractivity contribution in [2.75, 3.05) is 13.2 Å². The van der Waals surface area contributed by atoms with Crippen molar-refractivity contribution >= 4 is 17.5 Å². The number of benzene rings is 1. The van der Waals surface area contributed by atoms with Gasteiger partial charge in [-0.15, -0.1) is 0 Å². The number of amides is 1. The molecule has 0 radical (unpaired) electrons.